The van der Waals surface area contributed by atoms with Gasteiger partial charge in [0.25, 0.3) is 5.91 Å². The molecule has 1 N–H and O–H groups in total. The molecule has 1 heterocycles. The Bertz CT molecular complexity index is 911. The lowest BCUT2D eigenvalue weighted by Gasteiger charge is -2.04. The van der Waals surface area contributed by atoms with Crippen LogP contribution in [0.3, 0.4) is 0 Å². The molecule has 2 aromatic carbocycles. The minimum absolute atomic E-state index is 0.146. The lowest BCUT2D eigenvalue weighted by molar-refractivity contribution is 0.0957. The van der Waals surface area contributed by atoms with E-state index in [9.17, 15) is 9.18 Å². The summed E-state index contributed by atoms with van der Waals surface area (Å²) < 4.78 is 18.5. The fraction of sp³-hybridized carbons (Fsp3) is 0.200. The monoisotopic (exact) mass is 404 g/mol. The highest BCUT2D eigenvalue weighted by atomic mass is 35.5. The van der Waals surface area contributed by atoms with Gasteiger partial charge in [-0.1, -0.05) is 23.7 Å². The Morgan fingerprint density at radius 3 is 2.59 bits per heavy atom. The molecule has 0 bridgehead atoms. The van der Waals surface area contributed by atoms with Crippen LogP contribution in [-0.4, -0.2) is 17.4 Å². The van der Waals surface area contributed by atoms with E-state index in [0.29, 0.717) is 32.9 Å². The second-order valence-corrected chi connectivity index (χ2v) is 7.42. The van der Waals surface area contributed by atoms with Crippen LogP contribution in [0.2, 0.25) is 5.02 Å². The summed E-state index contributed by atoms with van der Waals surface area (Å²) in [6, 6.07) is 13.3. The molecular weight excluding hydrogens is 387 g/mol. The van der Waals surface area contributed by atoms with Crippen molar-refractivity contribution in [2.24, 2.45) is 0 Å². The van der Waals surface area contributed by atoms with Gasteiger partial charge in [-0.15, -0.1) is 11.3 Å². The number of rotatable bonds is 7. The normalized spacial score (nSPS) is 10.6. The van der Waals surface area contributed by atoms with Crippen LogP contribution < -0.4 is 10.1 Å². The van der Waals surface area contributed by atoms with Gasteiger partial charge in [0, 0.05) is 11.6 Å². The summed E-state index contributed by atoms with van der Waals surface area (Å²) in [6.07, 6.45) is 0.724. The molecule has 4 nitrogen and oxygen atoms in total. The predicted molar refractivity (Wildman–Crippen MR) is 105 cm³/mol. The molecule has 0 aliphatic carbocycles. The van der Waals surface area contributed by atoms with Crippen molar-refractivity contribution in [2.45, 2.75) is 20.0 Å². The van der Waals surface area contributed by atoms with Crippen LogP contribution in [0.4, 0.5) is 4.39 Å². The Balaban J connectivity index is 1.52. The maximum absolute atomic E-state index is 12.9. The first-order valence-corrected chi connectivity index (χ1v) is 9.58. The maximum atomic E-state index is 12.9. The molecule has 1 amide bonds. The Kier molecular flexibility index (Phi) is 6.42. The molecule has 0 spiro atoms. The summed E-state index contributed by atoms with van der Waals surface area (Å²) in [4.78, 5) is 17.3. The van der Waals surface area contributed by atoms with Crippen molar-refractivity contribution in [1.29, 1.82) is 0 Å². The zero-order chi connectivity index (χ0) is 19.2. The lowest BCUT2D eigenvalue weighted by atomic mass is 10.1. The smallest absolute Gasteiger partial charge is 0.263 e. The molecule has 27 heavy (non-hydrogen) atoms. The van der Waals surface area contributed by atoms with Crippen LogP contribution in [0.25, 0.3) is 0 Å². The maximum Gasteiger partial charge on any atom is 0.263 e. The highest BCUT2D eigenvalue weighted by Gasteiger charge is 2.15. The SMILES string of the molecule is Cc1nc(COc2ccc(F)cc2)sc1C(=O)NCCc1ccc(Cl)cc1. The van der Waals surface area contributed by atoms with E-state index in [1.807, 2.05) is 24.3 Å². The summed E-state index contributed by atoms with van der Waals surface area (Å²) in [5.74, 6) is 0.0928. The van der Waals surface area contributed by atoms with Gasteiger partial charge in [0.15, 0.2) is 0 Å². The van der Waals surface area contributed by atoms with Gasteiger partial charge in [-0.2, -0.15) is 0 Å². The number of thiazole rings is 1. The summed E-state index contributed by atoms with van der Waals surface area (Å²) in [5, 5.41) is 4.30. The molecule has 0 aliphatic rings. The Hall–Kier alpha value is -2.44. The van der Waals surface area contributed by atoms with Crippen molar-refractivity contribution >= 4 is 28.8 Å². The molecule has 7 heteroatoms. The van der Waals surface area contributed by atoms with Crippen LogP contribution in [-0.2, 0) is 13.0 Å². The first kappa shape index (κ1) is 19.3. The molecule has 0 fully saturated rings. The molecule has 140 valence electrons. The fourth-order valence-corrected chi connectivity index (χ4v) is 3.47. The molecule has 0 aliphatic heterocycles. The van der Waals surface area contributed by atoms with Crippen molar-refractivity contribution in [2.75, 3.05) is 6.54 Å². The quantitative estimate of drug-likeness (QED) is 0.615. The molecule has 0 saturated carbocycles. The van der Waals surface area contributed by atoms with E-state index in [1.54, 1.807) is 19.1 Å². The number of benzene rings is 2. The number of carbonyl (C=O) groups excluding carboxylic acids is 1. The first-order valence-electron chi connectivity index (χ1n) is 8.38. The molecule has 0 radical (unpaired) electrons. The summed E-state index contributed by atoms with van der Waals surface area (Å²) in [6.45, 7) is 2.56. The van der Waals surface area contributed by atoms with E-state index in [-0.39, 0.29) is 18.3 Å². The predicted octanol–water partition coefficient (Wildman–Crippen LogP) is 4.80. The number of nitrogens with one attached hydrogen (secondary N) is 1. The zero-order valence-corrected chi connectivity index (χ0v) is 16.2. The van der Waals surface area contributed by atoms with E-state index in [2.05, 4.69) is 10.3 Å². The van der Waals surface area contributed by atoms with Crippen molar-refractivity contribution in [3.8, 4) is 5.75 Å². The van der Waals surface area contributed by atoms with Gasteiger partial charge in [0.2, 0.25) is 0 Å². The number of carbonyl (C=O) groups is 1. The lowest BCUT2D eigenvalue weighted by Crippen LogP contribution is -2.25. The first-order chi connectivity index (χ1) is 13.0. The summed E-state index contributed by atoms with van der Waals surface area (Å²) in [7, 11) is 0. The van der Waals surface area contributed by atoms with Crippen molar-refractivity contribution in [3.63, 3.8) is 0 Å². The van der Waals surface area contributed by atoms with Crippen LogP contribution in [0.5, 0.6) is 5.75 Å². The second-order valence-electron chi connectivity index (χ2n) is 5.90. The number of aryl methyl sites for hydroxylation is 1. The molecule has 0 saturated heterocycles. The largest absolute Gasteiger partial charge is 0.486 e. The van der Waals surface area contributed by atoms with Gasteiger partial charge in [0.05, 0.1) is 5.69 Å². The molecule has 0 unspecified atom stereocenters. The van der Waals surface area contributed by atoms with Crippen LogP contribution in [0.1, 0.15) is 25.9 Å². The molecule has 0 atom stereocenters. The summed E-state index contributed by atoms with van der Waals surface area (Å²) >= 11 is 7.16. The third-order valence-corrected chi connectivity index (χ3v) is 5.22. The number of halogens is 2. The fourth-order valence-electron chi connectivity index (χ4n) is 2.45. The number of ether oxygens (including phenoxy) is 1. The van der Waals surface area contributed by atoms with Gasteiger partial charge < -0.3 is 10.1 Å². The number of aromatic nitrogens is 1. The Labute approximate surface area is 166 Å². The minimum atomic E-state index is -0.315. The molecular formula is C20H18ClFN2O2S. The zero-order valence-electron chi connectivity index (χ0n) is 14.7. The number of nitrogens with zero attached hydrogens (tertiary/aromatic N) is 1. The van der Waals surface area contributed by atoms with Gasteiger partial charge >= 0.3 is 0 Å². The van der Waals surface area contributed by atoms with Crippen LogP contribution in [0.15, 0.2) is 48.5 Å². The third kappa shape index (κ3) is 5.52. The highest BCUT2D eigenvalue weighted by Crippen LogP contribution is 2.20. The minimum Gasteiger partial charge on any atom is -0.486 e. The average molecular weight is 405 g/mol. The van der Waals surface area contributed by atoms with Crippen molar-refractivity contribution in [1.82, 2.24) is 10.3 Å². The molecule has 3 aromatic rings. The Morgan fingerprint density at radius 1 is 1.19 bits per heavy atom. The Morgan fingerprint density at radius 2 is 1.89 bits per heavy atom. The topological polar surface area (TPSA) is 51.2 Å². The van der Waals surface area contributed by atoms with Gasteiger partial charge in [-0.05, 0) is 55.3 Å². The number of hydrogen-bond donors (Lipinski definition) is 1. The average Bonchev–Trinajstić information content (AvgIpc) is 3.03. The standard InChI is InChI=1S/C20H18ClFN2O2S/c1-13-19(20(25)23-11-10-14-2-4-15(21)5-3-14)27-18(24-13)12-26-17-8-6-16(22)7-9-17/h2-9H,10-12H2,1H3,(H,23,25). The number of hydrogen-bond acceptors (Lipinski definition) is 4. The van der Waals surface area contributed by atoms with Gasteiger partial charge in [-0.3, -0.25) is 4.79 Å². The van der Waals surface area contributed by atoms with E-state index < -0.39 is 0 Å². The summed E-state index contributed by atoms with van der Waals surface area (Å²) in [5.41, 5.74) is 1.77. The van der Waals surface area contributed by atoms with E-state index >= 15 is 0 Å². The number of amides is 1. The highest BCUT2D eigenvalue weighted by molar-refractivity contribution is 7.13. The van der Waals surface area contributed by atoms with Crippen LogP contribution in [0, 0.1) is 12.7 Å². The third-order valence-electron chi connectivity index (χ3n) is 3.84. The second kappa shape index (κ2) is 8.97. The van der Waals surface area contributed by atoms with E-state index in [4.69, 9.17) is 16.3 Å². The van der Waals surface area contributed by atoms with E-state index in [0.717, 1.165) is 12.0 Å². The van der Waals surface area contributed by atoms with Crippen LogP contribution >= 0.6 is 22.9 Å². The molecule has 1 aromatic heterocycles. The van der Waals surface area contributed by atoms with E-state index in [1.165, 1.54) is 23.5 Å². The van der Waals surface area contributed by atoms with Gasteiger partial charge in [0.1, 0.15) is 28.1 Å². The van der Waals surface area contributed by atoms with Gasteiger partial charge in [-0.25, -0.2) is 9.37 Å². The molecule has 3 rings (SSSR count). The van der Waals surface area contributed by atoms with Crippen molar-refractivity contribution in [3.05, 3.63) is 80.5 Å². The van der Waals surface area contributed by atoms with Crippen molar-refractivity contribution < 1.29 is 13.9 Å².